The highest BCUT2D eigenvalue weighted by molar-refractivity contribution is 7.90. The van der Waals surface area contributed by atoms with E-state index in [1.165, 1.54) is 6.26 Å². The van der Waals surface area contributed by atoms with E-state index in [9.17, 15) is 18.0 Å². The Balaban J connectivity index is 1.71. The van der Waals surface area contributed by atoms with Crippen LogP contribution >= 0.6 is 11.6 Å². The van der Waals surface area contributed by atoms with Gasteiger partial charge in [-0.05, 0) is 60.4 Å². The van der Waals surface area contributed by atoms with E-state index in [0.29, 0.717) is 33.9 Å². The Bertz CT molecular complexity index is 1290. The summed E-state index contributed by atoms with van der Waals surface area (Å²) in [4.78, 5) is 25.7. The van der Waals surface area contributed by atoms with Crippen LogP contribution in [-0.2, 0) is 14.6 Å². The molecule has 0 saturated carbocycles. The lowest BCUT2D eigenvalue weighted by Crippen LogP contribution is -2.46. The van der Waals surface area contributed by atoms with E-state index in [4.69, 9.17) is 11.6 Å². The van der Waals surface area contributed by atoms with Gasteiger partial charge in [0, 0.05) is 28.2 Å². The number of urea groups is 1. The molecule has 0 aliphatic rings. The fourth-order valence-corrected chi connectivity index (χ4v) is 4.59. The number of amides is 3. The molecule has 0 heterocycles. The first-order valence-corrected chi connectivity index (χ1v) is 13.3. The SMILES string of the molecule is CC(C)C[C@H](NC(=O)Nc1ccc(Cl)cc1)C(=O)Nc1ccc(-c2ccccc2S(C)(=O)=O)cc1. The predicted octanol–water partition coefficient (Wildman–Crippen LogP) is 5.59. The molecule has 3 aromatic rings. The summed E-state index contributed by atoms with van der Waals surface area (Å²) in [6.07, 6.45) is 1.62. The van der Waals surface area contributed by atoms with Crippen molar-refractivity contribution in [3.8, 4) is 11.1 Å². The Morgan fingerprint density at radius 2 is 1.43 bits per heavy atom. The lowest BCUT2D eigenvalue weighted by Gasteiger charge is -2.20. The average molecular weight is 514 g/mol. The lowest BCUT2D eigenvalue weighted by atomic mass is 10.0. The van der Waals surface area contributed by atoms with Crippen LogP contribution in [0.1, 0.15) is 20.3 Å². The van der Waals surface area contributed by atoms with Gasteiger partial charge in [-0.1, -0.05) is 55.8 Å². The summed E-state index contributed by atoms with van der Waals surface area (Å²) in [5.74, 6) is -0.189. The van der Waals surface area contributed by atoms with Crippen LogP contribution in [0, 0.1) is 5.92 Å². The molecule has 0 bridgehead atoms. The van der Waals surface area contributed by atoms with Crippen molar-refractivity contribution in [2.75, 3.05) is 16.9 Å². The topological polar surface area (TPSA) is 104 Å². The van der Waals surface area contributed by atoms with Gasteiger partial charge in [0.05, 0.1) is 4.90 Å². The molecular formula is C26H28ClN3O4S. The normalized spacial score (nSPS) is 12.1. The van der Waals surface area contributed by atoms with Crippen LogP contribution in [0.15, 0.2) is 77.7 Å². The molecule has 1 atom stereocenters. The highest BCUT2D eigenvalue weighted by Gasteiger charge is 2.22. The molecule has 0 saturated heterocycles. The van der Waals surface area contributed by atoms with E-state index in [-0.39, 0.29) is 16.7 Å². The van der Waals surface area contributed by atoms with Crippen molar-refractivity contribution in [2.24, 2.45) is 5.92 Å². The summed E-state index contributed by atoms with van der Waals surface area (Å²) >= 11 is 5.87. The molecule has 0 aliphatic heterocycles. The number of rotatable bonds is 8. The maximum atomic E-state index is 13.0. The Kier molecular flexibility index (Phi) is 8.53. The Morgan fingerprint density at radius 1 is 0.857 bits per heavy atom. The van der Waals surface area contributed by atoms with Crippen molar-refractivity contribution in [3.05, 3.63) is 77.8 Å². The van der Waals surface area contributed by atoms with Crippen molar-refractivity contribution in [1.29, 1.82) is 0 Å². The van der Waals surface area contributed by atoms with Crippen LogP contribution in [0.25, 0.3) is 11.1 Å². The molecule has 35 heavy (non-hydrogen) atoms. The number of carbonyl (C=O) groups is 2. The first-order chi connectivity index (χ1) is 16.5. The fourth-order valence-electron chi connectivity index (χ4n) is 3.55. The van der Waals surface area contributed by atoms with Gasteiger partial charge in [-0.2, -0.15) is 0 Å². The number of nitrogens with one attached hydrogen (secondary N) is 3. The molecule has 7 nitrogen and oxygen atoms in total. The van der Waals surface area contributed by atoms with Gasteiger partial charge in [-0.3, -0.25) is 4.79 Å². The highest BCUT2D eigenvalue weighted by Crippen LogP contribution is 2.28. The van der Waals surface area contributed by atoms with Gasteiger partial charge < -0.3 is 16.0 Å². The molecule has 3 aromatic carbocycles. The van der Waals surface area contributed by atoms with Gasteiger partial charge in [-0.25, -0.2) is 13.2 Å². The number of benzene rings is 3. The minimum absolute atomic E-state index is 0.163. The maximum Gasteiger partial charge on any atom is 0.319 e. The average Bonchev–Trinajstić information content (AvgIpc) is 2.80. The minimum Gasteiger partial charge on any atom is -0.326 e. The first kappa shape index (κ1) is 26.2. The zero-order chi connectivity index (χ0) is 25.6. The van der Waals surface area contributed by atoms with Crippen LogP contribution in [0.3, 0.4) is 0 Å². The van der Waals surface area contributed by atoms with E-state index >= 15 is 0 Å². The molecule has 0 fully saturated rings. The van der Waals surface area contributed by atoms with Crippen molar-refractivity contribution < 1.29 is 18.0 Å². The van der Waals surface area contributed by atoms with Crippen LogP contribution in [-0.4, -0.2) is 32.7 Å². The number of hydrogen-bond donors (Lipinski definition) is 3. The third-order valence-corrected chi connectivity index (χ3v) is 6.59. The van der Waals surface area contributed by atoms with Crippen molar-refractivity contribution in [3.63, 3.8) is 0 Å². The summed E-state index contributed by atoms with van der Waals surface area (Å²) < 4.78 is 24.2. The Labute approximate surface area is 210 Å². The predicted molar refractivity (Wildman–Crippen MR) is 140 cm³/mol. The lowest BCUT2D eigenvalue weighted by molar-refractivity contribution is -0.118. The van der Waals surface area contributed by atoms with E-state index in [1.807, 2.05) is 13.8 Å². The zero-order valence-corrected chi connectivity index (χ0v) is 21.3. The molecule has 0 unspecified atom stereocenters. The van der Waals surface area contributed by atoms with Crippen LogP contribution in [0.2, 0.25) is 5.02 Å². The van der Waals surface area contributed by atoms with Gasteiger partial charge in [0.2, 0.25) is 5.91 Å². The van der Waals surface area contributed by atoms with Crippen LogP contribution < -0.4 is 16.0 Å². The summed E-state index contributed by atoms with van der Waals surface area (Å²) in [6, 6.07) is 19.1. The molecular weight excluding hydrogens is 486 g/mol. The second-order valence-electron chi connectivity index (χ2n) is 8.62. The van der Waals surface area contributed by atoms with Gasteiger partial charge in [0.1, 0.15) is 6.04 Å². The Hall–Kier alpha value is -3.36. The number of sulfone groups is 1. The summed E-state index contributed by atoms with van der Waals surface area (Å²) in [7, 11) is -3.39. The van der Waals surface area contributed by atoms with Gasteiger partial charge >= 0.3 is 6.03 Å². The second-order valence-corrected chi connectivity index (χ2v) is 11.0. The van der Waals surface area contributed by atoms with Gasteiger partial charge in [0.25, 0.3) is 0 Å². The Morgan fingerprint density at radius 3 is 2.03 bits per heavy atom. The number of carbonyl (C=O) groups excluding carboxylic acids is 2. The van der Waals surface area contributed by atoms with Crippen molar-refractivity contribution >= 4 is 44.8 Å². The molecule has 184 valence electrons. The standard InChI is InChI=1S/C26H28ClN3O4S/c1-17(2)16-23(30-26(32)29-21-14-10-19(27)11-15-21)25(31)28-20-12-8-18(9-13-20)22-6-4-5-7-24(22)35(3,33)34/h4-15,17,23H,16H2,1-3H3,(H,28,31)(H2,29,30,32)/t23-/m0/s1. The van der Waals surface area contributed by atoms with E-state index in [1.54, 1.807) is 72.8 Å². The smallest absolute Gasteiger partial charge is 0.319 e. The van der Waals surface area contributed by atoms with Crippen molar-refractivity contribution in [2.45, 2.75) is 31.2 Å². The van der Waals surface area contributed by atoms with E-state index in [2.05, 4.69) is 16.0 Å². The van der Waals surface area contributed by atoms with Gasteiger partial charge in [-0.15, -0.1) is 0 Å². The van der Waals surface area contributed by atoms with Crippen LogP contribution in [0.4, 0.5) is 16.2 Å². The zero-order valence-electron chi connectivity index (χ0n) is 19.7. The maximum absolute atomic E-state index is 13.0. The summed E-state index contributed by atoms with van der Waals surface area (Å²) in [5.41, 5.74) is 2.39. The molecule has 0 aromatic heterocycles. The highest BCUT2D eigenvalue weighted by atomic mass is 35.5. The molecule has 3 amide bonds. The minimum atomic E-state index is -3.39. The molecule has 0 aliphatic carbocycles. The largest absolute Gasteiger partial charge is 0.326 e. The van der Waals surface area contributed by atoms with E-state index < -0.39 is 21.9 Å². The molecule has 9 heteroatoms. The van der Waals surface area contributed by atoms with Gasteiger partial charge in [0.15, 0.2) is 9.84 Å². The van der Waals surface area contributed by atoms with E-state index in [0.717, 1.165) is 0 Å². The third-order valence-electron chi connectivity index (χ3n) is 5.18. The molecule has 3 N–H and O–H groups in total. The first-order valence-electron chi connectivity index (χ1n) is 11.1. The quantitative estimate of drug-likeness (QED) is 0.365. The number of hydrogen-bond acceptors (Lipinski definition) is 4. The number of halogens is 1. The summed E-state index contributed by atoms with van der Waals surface area (Å²) in [5, 5.41) is 8.81. The molecule has 0 spiro atoms. The van der Waals surface area contributed by atoms with Crippen molar-refractivity contribution in [1.82, 2.24) is 5.32 Å². The fraction of sp³-hybridized carbons (Fsp3) is 0.231. The monoisotopic (exact) mass is 513 g/mol. The second kappa shape index (κ2) is 11.4. The molecule has 3 rings (SSSR count). The van der Waals surface area contributed by atoms with Crippen LogP contribution in [0.5, 0.6) is 0 Å². The third kappa shape index (κ3) is 7.56. The summed E-state index contributed by atoms with van der Waals surface area (Å²) in [6.45, 7) is 3.93. The number of anilines is 2. The molecule has 0 radical (unpaired) electrons.